The number of hydrogen-bond acceptors (Lipinski definition) is 14. The molecule has 2 aromatic carbocycles. The van der Waals surface area contributed by atoms with Crippen molar-refractivity contribution in [2.75, 3.05) is 65.9 Å². The summed E-state index contributed by atoms with van der Waals surface area (Å²) in [5.74, 6) is 0.208. The number of carbonyl (C=O) groups excluding carboxylic acids is 2. The number of carbonyl (C=O) groups is 2. The summed E-state index contributed by atoms with van der Waals surface area (Å²) >= 11 is 3.11. The molecule has 5 saturated heterocycles. The predicted octanol–water partition coefficient (Wildman–Crippen LogP) is 9.78. The zero-order chi connectivity index (χ0) is 54.7. The fraction of sp³-hybridized carbons (Fsp3) is 0.731. The molecule has 0 bridgehead atoms. The fourth-order valence-corrected chi connectivity index (χ4v) is 8.42. The second-order valence-electron chi connectivity index (χ2n) is 23.1. The zero-order valence-electron chi connectivity index (χ0n) is 46.4. The SMILES string of the molecule is CC(C)(C)OC(=O)N1CCC[C@@H]1COCCCOc1ccc(B2OCCO2)c(F)c1.CC(C)(C)OC(=O)N1CCC[C@@H]1COCCCOc1ccc(Br)c(F)c1.CC1(C)OB(B2OC(C)(C)C(C)(C)O2)OC1(C)C. The van der Waals surface area contributed by atoms with Gasteiger partial charge in [0.25, 0.3) is 0 Å². The number of rotatable bonds is 16. The third kappa shape index (κ3) is 18.2. The van der Waals surface area contributed by atoms with E-state index in [1.807, 2.05) is 96.9 Å². The maximum absolute atomic E-state index is 14.2. The van der Waals surface area contributed by atoms with Crippen molar-refractivity contribution in [3.05, 3.63) is 52.5 Å². The quantitative estimate of drug-likeness (QED) is 0.116. The van der Waals surface area contributed by atoms with Crippen LogP contribution in [0.2, 0.25) is 0 Å². The minimum atomic E-state index is -0.636. The molecule has 2 atom stereocenters. The summed E-state index contributed by atoms with van der Waals surface area (Å²) in [5, 5.41) is 0. The molecule has 0 saturated carbocycles. The molecule has 0 aromatic heterocycles. The number of amides is 2. The fourth-order valence-electron chi connectivity index (χ4n) is 8.17. The van der Waals surface area contributed by atoms with Gasteiger partial charge < -0.3 is 66.1 Å². The topological polar surface area (TPSA) is 151 Å². The van der Waals surface area contributed by atoms with Crippen molar-refractivity contribution < 1.29 is 74.7 Å². The Morgan fingerprint density at radius 2 is 1.01 bits per heavy atom. The van der Waals surface area contributed by atoms with Gasteiger partial charge in [0.2, 0.25) is 0 Å². The third-order valence-electron chi connectivity index (χ3n) is 13.5. The van der Waals surface area contributed by atoms with Crippen molar-refractivity contribution in [1.29, 1.82) is 0 Å². The van der Waals surface area contributed by atoms with Crippen LogP contribution >= 0.6 is 15.9 Å². The first-order valence-electron chi connectivity index (χ1n) is 26.1. The van der Waals surface area contributed by atoms with Crippen molar-refractivity contribution in [3.8, 4) is 11.5 Å². The van der Waals surface area contributed by atoms with E-state index in [1.165, 1.54) is 12.1 Å². The average Bonchev–Trinajstić information content (AvgIpc) is 4.13. The first-order chi connectivity index (χ1) is 34.5. The minimum Gasteiger partial charge on any atom is -0.493 e. The molecular weight excluding hydrogens is 1030 g/mol. The normalized spacial score (nSPS) is 21.8. The first kappa shape index (κ1) is 61.6. The molecule has 0 spiro atoms. The van der Waals surface area contributed by atoms with Crippen LogP contribution in [0.4, 0.5) is 18.4 Å². The summed E-state index contributed by atoms with van der Waals surface area (Å²) in [7, 11) is -1.59. The Labute approximate surface area is 448 Å². The van der Waals surface area contributed by atoms with Crippen LogP contribution < -0.4 is 14.9 Å². The van der Waals surface area contributed by atoms with Gasteiger partial charge >= 0.3 is 33.3 Å². The molecule has 74 heavy (non-hydrogen) atoms. The van der Waals surface area contributed by atoms with E-state index in [0.29, 0.717) is 100 Å². The monoisotopic (exact) mass is 1110 g/mol. The molecule has 5 fully saturated rings. The molecule has 0 aliphatic carbocycles. The van der Waals surface area contributed by atoms with Crippen LogP contribution in [0.25, 0.3) is 0 Å². The second-order valence-corrected chi connectivity index (χ2v) is 23.9. The molecule has 7 rings (SSSR count). The molecule has 2 aromatic rings. The highest BCUT2D eigenvalue weighted by Gasteiger charge is 2.63. The smallest absolute Gasteiger partial charge is 0.493 e. The lowest BCUT2D eigenvalue weighted by Gasteiger charge is -2.32. The minimum absolute atomic E-state index is 0.0439. The van der Waals surface area contributed by atoms with Crippen LogP contribution in [0.3, 0.4) is 0 Å². The van der Waals surface area contributed by atoms with E-state index >= 15 is 0 Å². The van der Waals surface area contributed by atoms with E-state index in [4.69, 9.17) is 56.3 Å². The molecule has 5 aliphatic rings. The van der Waals surface area contributed by atoms with Crippen LogP contribution in [0.15, 0.2) is 40.9 Å². The van der Waals surface area contributed by atoms with E-state index in [2.05, 4.69) is 15.9 Å². The van der Waals surface area contributed by atoms with Crippen molar-refractivity contribution in [3.63, 3.8) is 0 Å². The second kappa shape index (κ2) is 26.4. The number of halogens is 3. The van der Waals surface area contributed by atoms with Crippen molar-refractivity contribution in [1.82, 2.24) is 9.80 Å². The van der Waals surface area contributed by atoms with Crippen molar-refractivity contribution in [2.24, 2.45) is 0 Å². The Morgan fingerprint density at radius 3 is 1.39 bits per heavy atom. The third-order valence-corrected chi connectivity index (χ3v) is 14.2. The van der Waals surface area contributed by atoms with Gasteiger partial charge in [-0.25, -0.2) is 18.4 Å². The highest BCUT2D eigenvalue weighted by atomic mass is 79.9. The van der Waals surface area contributed by atoms with E-state index in [0.717, 1.165) is 25.7 Å². The number of ether oxygens (including phenoxy) is 6. The van der Waals surface area contributed by atoms with E-state index in [1.54, 1.807) is 34.1 Å². The van der Waals surface area contributed by atoms with Gasteiger partial charge in [0.15, 0.2) is 0 Å². The van der Waals surface area contributed by atoms with Crippen LogP contribution in [0.5, 0.6) is 11.5 Å². The Kier molecular flexibility index (Phi) is 22.0. The molecule has 0 unspecified atom stereocenters. The molecule has 2 amide bonds. The number of benzene rings is 2. The van der Waals surface area contributed by atoms with Gasteiger partial charge in [0.05, 0.1) is 78.6 Å². The summed E-state index contributed by atoms with van der Waals surface area (Å²) in [6.07, 6.45) is 4.55. The number of likely N-dealkylation sites (tertiary alicyclic amines) is 2. The van der Waals surface area contributed by atoms with Gasteiger partial charge in [-0.15, -0.1) is 0 Å². The van der Waals surface area contributed by atoms with Gasteiger partial charge in [-0.05, 0) is 157 Å². The zero-order valence-corrected chi connectivity index (χ0v) is 48.0. The van der Waals surface area contributed by atoms with Crippen LogP contribution in [-0.2, 0) is 46.9 Å². The highest BCUT2D eigenvalue weighted by Crippen LogP contribution is 2.43. The van der Waals surface area contributed by atoms with Gasteiger partial charge in [0.1, 0.15) is 34.3 Å². The van der Waals surface area contributed by atoms with Crippen molar-refractivity contribution in [2.45, 2.75) is 181 Å². The standard InChI is InChI=1S/C21H31BFNO6.C19H27BrFNO4.C12H24B2O4/c1-21(2,3)30-20(25)24-9-4-6-16(24)15-26-10-5-11-27-17-7-8-18(19(23)14-17)22-28-12-13-29-22;1-19(2,3)26-18(23)22-9-4-6-14(22)13-24-10-5-11-25-15-7-8-16(20)17(21)12-15;1-9(2)10(3,4)16-13(15-9)14-17-11(5,6)12(7,8)18-14/h7-8,14,16H,4-6,9-13,15H2,1-3H3;7-8,12,14H,4-6,9-11,13H2,1-3H3;1-8H3/t16-;14-;/m11./s1. The predicted molar refractivity (Wildman–Crippen MR) is 284 cm³/mol. The number of hydrogen-bond donors (Lipinski definition) is 0. The molecule has 16 nitrogen and oxygen atoms in total. The summed E-state index contributed by atoms with van der Waals surface area (Å²) in [4.78, 5) is 28.0. The molecule has 5 aliphatic heterocycles. The summed E-state index contributed by atoms with van der Waals surface area (Å²) < 4.78 is 96.0. The Bertz CT molecular complexity index is 2060. The van der Waals surface area contributed by atoms with E-state index < -0.39 is 38.2 Å². The van der Waals surface area contributed by atoms with Crippen LogP contribution in [0.1, 0.15) is 135 Å². The van der Waals surface area contributed by atoms with Gasteiger partial charge in [-0.1, -0.05) is 6.07 Å². The Hall–Kier alpha value is -3.21. The maximum atomic E-state index is 14.2. The largest absolute Gasteiger partial charge is 0.497 e. The van der Waals surface area contributed by atoms with Gasteiger partial charge in [-0.3, -0.25) is 0 Å². The lowest BCUT2D eigenvalue weighted by Crippen LogP contribution is -2.41. The van der Waals surface area contributed by atoms with Crippen molar-refractivity contribution >= 4 is 54.7 Å². The van der Waals surface area contributed by atoms with Crippen LogP contribution in [0, 0.1) is 11.6 Å². The van der Waals surface area contributed by atoms with Gasteiger partial charge in [-0.2, -0.15) is 0 Å². The van der Waals surface area contributed by atoms with E-state index in [-0.39, 0.29) is 52.5 Å². The van der Waals surface area contributed by atoms with Crippen LogP contribution in [-0.4, -0.2) is 155 Å². The summed E-state index contributed by atoms with van der Waals surface area (Å²) in [6, 6.07) is 9.47. The molecular formula is C52H82B3BrF2N2O14. The Morgan fingerprint density at radius 1 is 0.622 bits per heavy atom. The lowest BCUT2D eigenvalue weighted by molar-refractivity contribution is 0.00578. The maximum Gasteiger partial charge on any atom is 0.497 e. The molecule has 414 valence electrons. The lowest BCUT2D eigenvalue weighted by atomic mass is 9.49. The Balaban J connectivity index is 0.000000212. The summed E-state index contributed by atoms with van der Waals surface area (Å²) in [5.41, 5.74) is -2.05. The first-order valence-corrected chi connectivity index (χ1v) is 26.9. The van der Waals surface area contributed by atoms with E-state index in [9.17, 15) is 18.4 Å². The van der Waals surface area contributed by atoms with Gasteiger partial charge in [0, 0.05) is 56.7 Å². The molecule has 22 heteroatoms. The summed E-state index contributed by atoms with van der Waals surface area (Å²) in [6.45, 7) is 32.6. The molecule has 0 N–H and O–H groups in total. The molecule has 5 heterocycles. The number of nitrogens with zero attached hydrogens (tertiary/aromatic N) is 2. The molecule has 0 radical (unpaired) electrons. The average molecular weight is 1110 g/mol. The highest BCUT2D eigenvalue weighted by molar-refractivity contribution is 9.10.